The van der Waals surface area contributed by atoms with Crippen LogP contribution in [-0.4, -0.2) is 25.5 Å². The fraction of sp³-hybridized carbons (Fsp3) is 0.167. The van der Waals surface area contributed by atoms with Gasteiger partial charge in [-0.05, 0) is 54.4 Å². The first-order chi connectivity index (χ1) is 15.0. The monoisotopic (exact) mass is 418 g/mol. The van der Waals surface area contributed by atoms with Crippen LogP contribution in [0.5, 0.6) is 23.0 Å². The van der Waals surface area contributed by atoms with Crippen molar-refractivity contribution in [1.82, 2.24) is 0 Å². The Morgan fingerprint density at radius 2 is 1.77 bits per heavy atom. The van der Waals surface area contributed by atoms with Crippen LogP contribution < -0.4 is 25.3 Å². The lowest BCUT2D eigenvalue weighted by Crippen LogP contribution is -2.32. The van der Waals surface area contributed by atoms with Crippen molar-refractivity contribution >= 4 is 17.5 Å². The Hall–Kier alpha value is -4.00. The molecule has 0 fully saturated rings. The van der Waals surface area contributed by atoms with E-state index < -0.39 is 5.91 Å². The minimum Gasteiger partial charge on any atom is -0.497 e. The number of carbonyl (C=O) groups excluding carboxylic acids is 2. The van der Waals surface area contributed by atoms with Crippen molar-refractivity contribution in [3.63, 3.8) is 0 Å². The van der Waals surface area contributed by atoms with Crippen LogP contribution in [0, 0.1) is 5.92 Å². The Kier molecular flexibility index (Phi) is 5.75. The smallest absolute Gasteiger partial charge is 0.252 e. The Labute approximate surface area is 179 Å². The van der Waals surface area contributed by atoms with Gasteiger partial charge in [0.15, 0.2) is 0 Å². The molecule has 1 aliphatic heterocycles. The Balaban J connectivity index is 1.39. The number of fused-ring (bicyclic) bond motifs is 1. The third kappa shape index (κ3) is 4.61. The highest BCUT2D eigenvalue weighted by atomic mass is 16.5. The molecule has 0 aliphatic carbocycles. The van der Waals surface area contributed by atoms with Crippen molar-refractivity contribution < 1.29 is 23.8 Å². The minimum atomic E-state index is -0.561. The van der Waals surface area contributed by atoms with Gasteiger partial charge in [-0.1, -0.05) is 18.2 Å². The van der Waals surface area contributed by atoms with E-state index in [1.165, 1.54) is 0 Å². The molecular formula is C24H22N2O5. The molecule has 3 aromatic rings. The van der Waals surface area contributed by atoms with Gasteiger partial charge in [-0.3, -0.25) is 9.59 Å². The van der Waals surface area contributed by atoms with Gasteiger partial charge in [-0.2, -0.15) is 0 Å². The molecule has 4 rings (SSSR count). The molecule has 31 heavy (non-hydrogen) atoms. The second-order valence-corrected chi connectivity index (χ2v) is 7.16. The summed E-state index contributed by atoms with van der Waals surface area (Å²) in [6, 6.07) is 19.3. The van der Waals surface area contributed by atoms with Crippen molar-refractivity contribution in [1.29, 1.82) is 0 Å². The van der Waals surface area contributed by atoms with E-state index >= 15 is 0 Å². The van der Waals surface area contributed by atoms with E-state index in [9.17, 15) is 9.59 Å². The van der Waals surface area contributed by atoms with Crippen LogP contribution >= 0.6 is 0 Å². The van der Waals surface area contributed by atoms with E-state index in [1.807, 2.05) is 18.2 Å². The molecule has 1 atom stereocenters. The molecule has 7 heteroatoms. The van der Waals surface area contributed by atoms with E-state index in [2.05, 4.69) is 5.32 Å². The van der Waals surface area contributed by atoms with Crippen molar-refractivity contribution in [3.8, 4) is 23.0 Å². The Morgan fingerprint density at radius 3 is 2.52 bits per heavy atom. The fourth-order valence-electron chi connectivity index (χ4n) is 3.38. The van der Waals surface area contributed by atoms with Gasteiger partial charge in [0.25, 0.3) is 5.91 Å². The van der Waals surface area contributed by atoms with Gasteiger partial charge in [0.2, 0.25) is 5.91 Å². The first kappa shape index (κ1) is 20.3. The van der Waals surface area contributed by atoms with Crippen LogP contribution in [0.25, 0.3) is 0 Å². The number of nitrogens with one attached hydrogen (secondary N) is 1. The lowest BCUT2D eigenvalue weighted by atomic mass is 9.96. The molecule has 0 bridgehead atoms. The van der Waals surface area contributed by atoms with Crippen molar-refractivity contribution in [2.75, 3.05) is 19.0 Å². The number of primary amides is 1. The molecule has 0 aromatic heterocycles. The van der Waals surface area contributed by atoms with E-state index in [1.54, 1.807) is 55.6 Å². The standard InChI is InChI=1S/C24H22N2O5/c1-29-19-9-6-15-12-16(14-30-22(15)13-19)24(28)26-17-7-10-18(11-8-17)31-21-5-3-2-4-20(21)23(25)27/h2-11,13,16H,12,14H2,1H3,(H2,25,27)(H,26,28)/t16-/m0/s1. The second kappa shape index (κ2) is 8.79. The van der Waals surface area contributed by atoms with Crippen LogP contribution in [0.15, 0.2) is 66.7 Å². The maximum atomic E-state index is 12.7. The highest BCUT2D eigenvalue weighted by molar-refractivity contribution is 5.95. The molecule has 7 nitrogen and oxygen atoms in total. The van der Waals surface area contributed by atoms with Gasteiger partial charge < -0.3 is 25.3 Å². The van der Waals surface area contributed by atoms with Crippen molar-refractivity contribution in [2.24, 2.45) is 11.7 Å². The summed E-state index contributed by atoms with van der Waals surface area (Å²) in [6.45, 7) is 0.303. The number of benzene rings is 3. The highest BCUT2D eigenvalue weighted by Crippen LogP contribution is 2.32. The summed E-state index contributed by atoms with van der Waals surface area (Å²) >= 11 is 0. The molecule has 3 aromatic carbocycles. The zero-order chi connectivity index (χ0) is 21.8. The van der Waals surface area contributed by atoms with E-state index in [4.69, 9.17) is 19.9 Å². The van der Waals surface area contributed by atoms with E-state index in [-0.39, 0.29) is 11.8 Å². The van der Waals surface area contributed by atoms with Crippen LogP contribution in [0.4, 0.5) is 5.69 Å². The average Bonchev–Trinajstić information content (AvgIpc) is 2.79. The number of hydrogen-bond donors (Lipinski definition) is 2. The number of ether oxygens (including phenoxy) is 3. The number of amides is 2. The molecule has 0 unspecified atom stereocenters. The molecule has 0 radical (unpaired) electrons. The molecule has 3 N–H and O–H groups in total. The van der Waals surface area contributed by atoms with Crippen LogP contribution in [0.2, 0.25) is 0 Å². The predicted molar refractivity (Wildman–Crippen MR) is 116 cm³/mol. The van der Waals surface area contributed by atoms with Gasteiger partial charge in [-0.25, -0.2) is 0 Å². The predicted octanol–water partition coefficient (Wildman–Crippen LogP) is 3.78. The Morgan fingerprint density at radius 1 is 1.03 bits per heavy atom. The van der Waals surface area contributed by atoms with Gasteiger partial charge in [-0.15, -0.1) is 0 Å². The molecule has 1 aliphatic rings. The lowest BCUT2D eigenvalue weighted by molar-refractivity contribution is -0.121. The summed E-state index contributed by atoms with van der Waals surface area (Å²) in [6.07, 6.45) is 0.594. The van der Waals surface area contributed by atoms with Crippen LogP contribution in [0.1, 0.15) is 15.9 Å². The maximum Gasteiger partial charge on any atom is 0.252 e. The summed E-state index contributed by atoms with van der Waals surface area (Å²) in [5, 5.41) is 2.91. The average molecular weight is 418 g/mol. The van der Waals surface area contributed by atoms with Gasteiger partial charge >= 0.3 is 0 Å². The highest BCUT2D eigenvalue weighted by Gasteiger charge is 2.26. The number of hydrogen-bond acceptors (Lipinski definition) is 5. The molecular weight excluding hydrogens is 396 g/mol. The number of rotatable bonds is 6. The molecule has 0 saturated heterocycles. The largest absolute Gasteiger partial charge is 0.497 e. The molecule has 0 spiro atoms. The number of carbonyl (C=O) groups is 2. The number of anilines is 1. The third-order valence-electron chi connectivity index (χ3n) is 5.05. The van der Waals surface area contributed by atoms with Crippen LogP contribution in [0.3, 0.4) is 0 Å². The van der Waals surface area contributed by atoms with Crippen molar-refractivity contribution in [2.45, 2.75) is 6.42 Å². The first-order valence-electron chi connectivity index (χ1n) is 9.81. The number of methoxy groups -OCH3 is 1. The first-order valence-corrected chi connectivity index (χ1v) is 9.81. The summed E-state index contributed by atoms with van der Waals surface area (Å²) < 4.78 is 16.7. The maximum absolute atomic E-state index is 12.7. The quantitative estimate of drug-likeness (QED) is 0.635. The topological polar surface area (TPSA) is 99.9 Å². The summed E-state index contributed by atoms with van der Waals surface area (Å²) in [5.74, 6) is 1.41. The molecule has 0 saturated carbocycles. The summed E-state index contributed by atoms with van der Waals surface area (Å²) in [7, 11) is 1.60. The summed E-state index contributed by atoms with van der Waals surface area (Å²) in [4.78, 5) is 24.2. The summed E-state index contributed by atoms with van der Waals surface area (Å²) in [5.41, 5.74) is 7.30. The molecule has 2 amide bonds. The van der Waals surface area contributed by atoms with E-state index in [0.717, 1.165) is 17.1 Å². The van der Waals surface area contributed by atoms with Gasteiger partial charge in [0, 0.05) is 11.8 Å². The second-order valence-electron chi connectivity index (χ2n) is 7.16. The number of nitrogens with two attached hydrogens (primary N) is 1. The zero-order valence-corrected chi connectivity index (χ0v) is 17.0. The Bertz CT molecular complexity index is 1110. The lowest BCUT2D eigenvalue weighted by Gasteiger charge is -2.25. The SMILES string of the molecule is COc1ccc2c(c1)OC[C@@H](C(=O)Nc1ccc(Oc3ccccc3C(N)=O)cc1)C2. The number of para-hydroxylation sites is 1. The molecule has 1 heterocycles. The van der Waals surface area contributed by atoms with Crippen LogP contribution in [-0.2, 0) is 11.2 Å². The van der Waals surface area contributed by atoms with Gasteiger partial charge in [0.1, 0.15) is 29.6 Å². The third-order valence-corrected chi connectivity index (χ3v) is 5.05. The normalized spacial score (nSPS) is 14.7. The van der Waals surface area contributed by atoms with Crippen molar-refractivity contribution in [3.05, 3.63) is 77.9 Å². The minimum absolute atomic E-state index is 0.116. The molecule has 158 valence electrons. The zero-order valence-electron chi connectivity index (χ0n) is 17.0. The van der Waals surface area contributed by atoms with E-state index in [0.29, 0.717) is 35.8 Å². The fourth-order valence-corrected chi connectivity index (χ4v) is 3.38. The van der Waals surface area contributed by atoms with Gasteiger partial charge in [0.05, 0.1) is 18.6 Å².